The molecule has 0 bridgehead atoms. The first-order valence-electron chi connectivity index (χ1n) is 6.48. The number of hydrogen-bond donors (Lipinski definition) is 1. The Morgan fingerprint density at radius 3 is 2.63 bits per heavy atom. The molecule has 0 saturated heterocycles. The molecule has 0 radical (unpaired) electrons. The summed E-state index contributed by atoms with van der Waals surface area (Å²) >= 11 is 0. The van der Waals surface area contributed by atoms with Crippen LogP contribution in [0.1, 0.15) is 19.9 Å². The molecule has 0 aliphatic heterocycles. The van der Waals surface area contributed by atoms with Crippen LogP contribution in [-0.2, 0) is 0 Å². The minimum Gasteiger partial charge on any atom is -0.338 e. The predicted octanol–water partition coefficient (Wildman–Crippen LogP) is 3.41. The summed E-state index contributed by atoms with van der Waals surface area (Å²) in [6.45, 7) is 4.34. The van der Waals surface area contributed by atoms with Crippen LogP contribution in [-0.4, -0.2) is 9.77 Å². The Morgan fingerprint density at radius 2 is 1.89 bits per heavy atom. The average molecular weight is 253 g/mol. The fourth-order valence-electron chi connectivity index (χ4n) is 2.57. The Morgan fingerprint density at radius 1 is 1.11 bits per heavy atom. The Balaban J connectivity index is 2.31. The van der Waals surface area contributed by atoms with Crippen molar-refractivity contribution in [1.29, 1.82) is 0 Å². The molecule has 2 aromatic heterocycles. The normalized spacial score (nSPS) is 11.3. The summed E-state index contributed by atoms with van der Waals surface area (Å²) in [5.41, 5.74) is 3.36. The maximum Gasteiger partial charge on any atom is 0.231 e. The second kappa shape index (κ2) is 4.43. The minimum absolute atomic E-state index is 0.363. The third-order valence-electron chi connectivity index (χ3n) is 3.35. The molecule has 3 nitrogen and oxygen atoms in total. The zero-order chi connectivity index (χ0) is 13.4. The molecule has 3 rings (SSSR count). The largest absolute Gasteiger partial charge is 0.338 e. The van der Waals surface area contributed by atoms with Gasteiger partial charge in [-0.15, -0.1) is 0 Å². The molecule has 96 valence electrons. The number of hydrogen-bond acceptors (Lipinski definition) is 1. The van der Waals surface area contributed by atoms with E-state index >= 15 is 0 Å². The summed E-state index contributed by atoms with van der Waals surface area (Å²) in [6.07, 6.45) is 3.35. The summed E-state index contributed by atoms with van der Waals surface area (Å²) in [5.74, 6) is 0. The quantitative estimate of drug-likeness (QED) is 0.550. The van der Waals surface area contributed by atoms with E-state index in [9.17, 15) is 5.21 Å². The molecule has 0 unspecified atom stereocenters. The summed E-state index contributed by atoms with van der Waals surface area (Å²) in [5, 5.41) is 10.8. The Labute approximate surface area is 112 Å². The molecule has 0 atom stereocenters. The molecule has 0 spiro atoms. The molecule has 3 heteroatoms. The van der Waals surface area contributed by atoms with Crippen LogP contribution in [0.5, 0.6) is 0 Å². The van der Waals surface area contributed by atoms with Gasteiger partial charge >= 0.3 is 0 Å². The highest BCUT2D eigenvalue weighted by atomic mass is 16.5. The van der Waals surface area contributed by atoms with Crippen molar-refractivity contribution >= 4 is 10.9 Å². The number of nitrogens with zero attached hydrogens (tertiary/aromatic N) is 2. The molecular formula is C16H17N2O+. The van der Waals surface area contributed by atoms with E-state index in [1.165, 1.54) is 10.9 Å². The van der Waals surface area contributed by atoms with E-state index < -0.39 is 0 Å². The van der Waals surface area contributed by atoms with Gasteiger partial charge in [0.25, 0.3) is 0 Å². The highest BCUT2D eigenvalue weighted by Gasteiger charge is 2.14. The maximum atomic E-state index is 9.59. The second-order valence-corrected chi connectivity index (χ2v) is 5.02. The minimum atomic E-state index is 0.363. The molecule has 2 heterocycles. The van der Waals surface area contributed by atoms with Crippen LogP contribution in [0.4, 0.5) is 0 Å². The fourth-order valence-corrected chi connectivity index (χ4v) is 2.57. The van der Waals surface area contributed by atoms with Crippen LogP contribution in [0, 0.1) is 0 Å². The Bertz CT molecular complexity index is 728. The van der Waals surface area contributed by atoms with E-state index in [0.29, 0.717) is 6.04 Å². The van der Waals surface area contributed by atoms with E-state index in [0.717, 1.165) is 16.0 Å². The highest BCUT2D eigenvalue weighted by molar-refractivity contribution is 5.87. The van der Waals surface area contributed by atoms with E-state index in [1.807, 2.05) is 18.2 Å². The molecule has 0 fully saturated rings. The average Bonchev–Trinajstić information content (AvgIpc) is 2.78. The van der Waals surface area contributed by atoms with Gasteiger partial charge in [-0.25, -0.2) is 0 Å². The van der Waals surface area contributed by atoms with Crippen molar-refractivity contribution in [2.75, 3.05) is 0 Å². The lowest BCUT2D eigenvalue weighted by atomic mass is 10.2. The summed E-state index contributed by atoms with van der Waals surface area (Å²) in [4.78, 5) is 0. The SMILES string of the molecule is CC(C)n1c(-c2ccc[n+](O)c2)cc2ccccc21. The van der Waals surface area contributed by atoms with Gasteiger partial charge in [-0.3, -0.25) is 5.21 Å². The molecule has 0 saturated carbocycles. The van der Waals surface area contributed by atoms with E-state index in [-0.39, 0.29) is 0 Å². The number of rotatable bonds is 2. The van der Waals surface area contributed by atoms with Gasteiger partial charge in [-0.1, -0.05) is 18.2 Å². The van der Waals surface area contributed by atoms with E-state index in [2.05, 4.69) is 42.7 Å². The second-order valence-electron chi connectivity index (χ2n) is 5.02. The first kappa shape index (κ1) is 11.8. The van der Waals surface area contributed by atoms with Gasteiger partial charge in [0, 0.05) is 27.7 Å². The molecule has 1 N–H and O–H groups in total. The van der Waals surface area contributed by atoms with Gasteiger partial charge in [0.05, 0.1) is 11.3 Å². The topological polar surface area (TPSA) is 29.0 Å². The number of benzene rings is 1. The van der Waals surface area contributed by atoms with Crippen molar-refractivity contribution in [2.24, 2.45) is 0 Å². The van der Waals surface area contributed by atoms with Gasteiger partial charge in [-0.05, 0) is 32.0 Å². The van der Waals surface area contributed by atoms with Crippen LogP contribution >= 0.6 is 0 Å². The zero-order valence-corrected chi connectivity index (χ0v) is 11.1. The number of aromatic nitrogens is 2. The van der Waals surface area contributed by atoms with E-state index in [4.69, 9.17) is 0 Å². The molecule has 3 aromatic rings. The highest BCUT2D eigenvalue weighted by Crippen LogP contribution is 2.30. The Hall–Kier alpha value is -2.29. The molecule has 0 aliphatic rings. The molecule has 19 heavy (non-hydrogen) atoms. The molecule has 0 amide bonds. The van der Waals surface area contributed by atoms with Gasteiger partial charge in [0.1, 0.15) is 0 Å². The first-order chi connectivity index (χ1) is 9.16. The van der Waals surface area contributed by atoms with Crippen LogP contribution in [0.25, 0.3) is 22.2 Å². The van der Waals surface area contributed by atoms with Gasteiger partial charge in [0.15, 0.2) is 0 Å². The lowest BCUT2D eigenvalue weighted by Gasteiger charge is -2.13. The number of para-hydroxylation sites is 1. The summed E-state index contributed by atoms with van der Waals surface area (Å²) in [6, 6.07) is 14.8. The number of pyridine rings is 1. The van der Waals surface area contributed by atoms with Crippen molar-refractivity contribution in [2.45, 2.75) is 19.9 Å². The van der Waals surface area contributed by atoms with Crippen molar-refractivity contribution in [1.82, 2.24) is 4.57 Å². The van der Waals surface area contributed by atoms with Crippen molar-refractivity contribution in [3.05, 3.63) is 54.9 Å². The van der Waals surface area contributed by atoms with Crippen molar-refractivity contribution < 1.29 is 9.94 Å². The maximum absolute atomic E-state index is 9.59. The van der Waals surface area contributed by atoms with Crippen LogP contribution in [0.3, 0.4) is 0 Å². The van der Waals surface area contributed by atoms with Crippen LogP contribution < -0.4 is 4.73 Å². The van der Waals surface area contributed by atoms with E-state index in [1.54, 1.807) is 12.4 Å². The van der Waals surface area contributed by atoms with Gasteiger partial charge in [0.2, 0.25) is 12.4 Å². The first-order valence-corrected chi connectivity index (χ1v) is 6.48. The zero-order valence-electron chi connectivity index (χ0n) is 11.1. The van der Waals surface area contributed by atoms with Gasteiger partial charge in [-0.2, -0.15) is 0 Å². The Kier molecular flexibility index (Phi) is 2.75. The molecule has 0 aliphatic carbocycles. The number of fused-ring (bicyclic) bond motifs is 1. The third kappa shape index (κ3) is 1.97. The third-order valence-corrected chi connectivity index (χ3v) is 3.35. The fraction of sp³-hybridized carbons (Fsp3) is 0.188. The summed E-state index contributed by atoms with van der Waals surface area (Å²) in [7, 11) is 0. The smallest absolute Gasteiger partial charge is 0.231 e. The van der Waals surface area contributed by atoms with Gasteiger partial charge < -0.3 is 4.57 Å². The van der Waals surface area contributed by atoms with Crippen molar-refractivity contribution in [3.8, 4) is 11.3 Å². The summed E-state index contributed by atoms with van der Waals surface area (Å²) < 4.78 is 3.39. The van der Waals surface area contributed by atoms with Crippen LogP contribution in [0.2, 0.25) is 0 Å². The monoisotopic (exact) mass is 253 g/mol. The standard InChI is InChI=1S/C16H17N2O/c1-12(2)18-15-8-4-3-6-13(15)10-16(18)14-7-5-9-17(19)11-14/h3-12,19H,1-2H3/q+1. The predicted molar refractivity (Wildman–Crippen MR) is 75.1 cm³/mol. The van der Waals surface area contributed by atoms with Crippen LogP contribution in [0.15, 0.2) is 54.9 Å². The van der Waals surface area contributed by atoms with Crippen molar-refractivity contribution in [3.63, 3.8) is 0 Å². The lowest BCUT2D eigenvalue weighted by Crippen LogP contribution is -2.28. The lowest BCUT2D eigenvalue weighted by molar-refractivity contribution is -0.904. The molecule has 1 aromatic carbocycles. The molecular weight excluding hydrogens is 236 g/mol.